The third kappa shape index (κ3) is 1.98. The Morgan fingerprint density at radius 1 is 1.44 bits per heavy atom. The van der Waals surface area contributed by atoms with Crippen molar-refractivity contribution in [1.29, 1.82) is 0 Å². The SMILES string of the molecule is CC1=C([N+](=O)[O-])CC([N+](=O)[O-])(S(=O)(=O)NN)C=C1. The van der Waals surface area contributed by atoms with Gasteiger partial charge in [-0.15, -0.1) is 4.83 Å². The maximum atomic E-state index is 11.6. The number of sulfonamides is 1. The molecule has 18 heavy (non-hydrogen) atoms. The summed E-state index contributed by atoms with van der Waals surface area (Å²) in [6.07, 6.45) is 0.922. The Bertz CT molecular complexity index is 564. The van der Waals surface area contributed by atoms with Gasteiger partial charge in [-0.3, -0.25) is 26.1 Å². The van der Waals surface area contributed by atoms with Gasteiger partial charge >= 0.3 is 14.9 Å². The molecule has 0 spiro atoms. The summed E-state index contributed by atoms with van der Waals surface area (Å²) in [5.41, 5.74) is -0.377. The van der Waals surface area contributed by atoms with Crippen LogP contribution in [0.15, 0.2) is 23.4 Å². The van der Waals surface area contributed by atoms with Gasteiger partial charge < -0.3 is 0 Å². The molecule has 11 heteroatoms. The zero-order valence-corrected chi connectivity index (χ0v) is 10.0. The second-order valence-corrected chi connectivity index (χ2v) is 5.57. The zero-order chi connectivity index (χ0) is 14.1. The lowest BCUT2D eigenvalue weighted by Gasteiger charge is -2.22. The lowest BCUT2D eigenvalue weighted by Crippen LogP contribution is -2.54. The Morgan fingerprint density at radius 3 is 2.39 bits per heavy atom. The van der Waals surface area contributed by atoms with Crippen LogP contribution in [0.3, 0.4) is 0 Å². The fourth-order valence-electron chi connectivity index (χ4n) is 1.51. The van der Waals surface area contributed by atoms with Crippen LogP contribution >= 0.6 is 0 Å². The van der Waals surface area contributed by atoms with Crippen LogP contribution in [0.5, 0.6) is 0 Å². The van der Waals surface area contributed by atoms with Gasteiger partial charge in [-0.2, -0.15) is 0 Å². The van der Waals surface area contributed by atoms with E-state index >= 15 is 0 Å². The highest BCUT2D eigenvalue weighted by atomic mass is 32.2. The quantitative estimate of drug-likeness (QED) is 0.389. The molecule has 3 N–H and O–H groups in total. The Kier molecular flexibility index (Phi) is 3.50. The van der Waals surface area contributed by atoms with Crippen LogP contribution in [-0.2, 0) is 10.0 Å². The molecule has 1 atom stereocenters. The summed E-state index contributed by atoms with van der Waals surface area (Å²) in [5.74, 6) is 4.75. The monoisotopic (exact) mass is 278 g/mol. The van der Waals surface area contributed by atoms with Gasteiger partial charge in [0.15, 0.2) is 0 Å². The normalized spacial score (nSPS) is 24.1. The molecule has 0 fully saturated rings. The van der Waals surface area contributed by atoms with E-state index in [9.17, 15) is 28.6 Å². The van der Waals surface area contributed by atoms with Gasteiger partial charge in [-0.1, -0.05) is 0 Å². The van der Waals surface area contributed by atoms with Gasteiger partial charge in [0.25, 0.3) is 5.70 Å². The van der Waals surface area contributed by atoms with Crippen molar-refractivity contribution in [2.45, 2.75) is 18.2 Å². The van der Waals surface area contributed by atoms with Crippen LogP contribution in [0, 0.1) is 20.2 Å². The Hall–Kier alpha value is -1.85. The van der Waals surface area contributed by atoms with Crippen LogP contribution in [0.25, 0.3) is 0 Å². The Morgan fingerprint density at radius 2 is 2.00 bits per heavy atom. The van der Waals surface area contributed by atoms with Crippen molar-refractivity contribution in [3.8, 4) is 0 Å². The van der Waals surface area contributed by atoms with Crippen molar-refractivity contribution in [1.82, 2.24) is 4.83 Å². The number of nitrogens with two attached hydrogens (primary N) is 1. The fraction of sp³-hybridized carbons (Fsp3) is 0.429. The van der Waals surface area contributed by atoms with Gasteiger partial charge in [0.1, 0.15) is 6.42 Å². The lowest BCUT2D eigenvalue weighted by atomic mass is 10.0. The first-order valence-electron chi connectivity index (χ1n) is 4.58. The van der Waals surface area contributed by atoms with Gasteiger partial charge in [0, 0.05) is 16.6 Å². The Balaban J connectivity index is 3.44. The van der Waals surface area contributed by atoms with Gasteiger partial charge in [0.05, 0.1) is 4.92 Å². The Labute approximate surface area is 101 Å². The van der Waals surface area contributed by atoms with E-state index in [1.165, 1.54) is 11.8 Å². The molecule has 0 amide bonds. The van der Waals surface area contributed by atoms with Crippen LogP contribution in [0.4, 0.5) is 0 Å². The first kappa shape index (κ1) is 14.2. The molecular weight excluding hydrogens is 268 g/mol. The second-order valence-electron chi connectivity index (χ2n) is 3.62. The maximum Gasteiger partial charge on any atom is 0.361 e. The number of nitrogens with zero attached hydrogens (tertiary/aromatic N) is 2. The number of hydrazine groups is 1. The topological polar surface area (TPSA) is 158 Å². The van der Waals surface area contributed by atoms with E-state index in [2.05, 4.69) is 0 Å². The number of nitrogens with one attached hydrogen (secondary N) is 1. The minimum atomic E-state index is -4.57. The number of allylic oxidation sites excluding steroid dienone is 2. The zero-order valence-electron chi connectivity index (χ0n) is 9.19. The van der Waals surface area contributed by atoms with Crippen LogP contribution in [0.1, 0.15) is 13.3 Å². The number of hydrogen-bond acceptors (Lipinski definition) is 7. The molecule has 0 aromatic rings. The minimum absolute atomic E-state index is 0.157. The summed E-state index contributed by atoms with van der Waals surface area (Å²) < 4.78 is 23.2. The highest BCUT2D eigenvalue weighted by Gasteiger charge is 2.58. The standard InChI is InChI=1S/C7H10N4O6S/c1-5-2-3-7(11(14)15,18(16,17)9-8)4-6(5)10(12)13/h2-3,9H,4,8H2,1H3. The van der Waals surface area contributed by atoms with Crippen molar-refractivity contribution < 1.29 is 18.3 Å². The molecule has 0 saturated heterocycles. The molecule has 100 valence electrons. The van der Waals surface area contributed by atoms with Gasteiger partial charge in [-0.05, 0) is 13.0 Å². The summed E-state index contributed by atoms with van der Waals surface area (Å²) >= 11 is 0. The molecule has 0 bridgehead atoms. The van der Waals surface area contributed by atoms with Crippen molar-refractivity contribution in [3.63, 3.8) is 0 Å². The van der Waals surface area contributed by atoms with Gasteiger partial charge in [-0.25, -0.2) is 8.42 Å². The molecule has 0 saturated carbocycles. The van der Waals surface area contributed by atoms with E-state index in [-0.39, 0.29) is 5.57 Å². The summed E-state index contributed by atoms with van der Waals surface area (Å²) in [4.78, 5) is 18.4. The smallest absolute Gasteiger partial charge is 0.262 e. The van der Waals surface area contributed by atoms with Gasteiger partial charge in [0.2, 0.25) is 0 Å². The molecule has 10 nitrogen and oxygen atoms in total. The molecular formula is C7H10N4O6S. The predicted molar refractivity (Wildman–Crippen MR) is 59.4 cm³/mol. The van der Waals surface area contributed by atoms with E-state index < -0.39 is 36.9 Å². The fourth-order valence-corrected chi connectivity index (χ4v) is 2.48. The van der Waals surface area contributed by atoms with Crippen LogP contribution in [-0.4, -0.2) is 23.1 Å². The van der Waals surface area contributed by atoms with Crippen molar-refractivity contribution in [3.05, 3.63) is 43.7 Å². The summed E-state index contributed by atoms with van der Waals surface area (Å²) in [6, 6.07) is 0. The van der Waals surface area contributed by atoms with E-state index in [1.54, 1.807) is 0 Å². The summed E-state index contributed by atoms with van der Waals surface area (Å²) in [5, 5.41) is 21.7. The number of nitro groups is 2. The molecule has 0 aliphatic heterocycles. The second kappa shape index (κ2) is 4.44. The molecule has 0 aromatic carbocycles. The van der Waals surface area contributed by atoms with Crippen molar-refractivity contribution in [2.24, 2.45) is 5.84 Å². The van der Waals surface area contributed by atoms with Crippen LogP contribution < -0.4 is 10.7 Å². The number of rotatable bonds is 4. The minimum Gasteiger partial charge on any atom is -0.262 e. The first-order chi connectivity index (χ1) is 8.18. The predicted octanol–water partition coefficient (Wildman–Crippen LogP) is -0.737. The summed E-state index contributed by atoms with van der Waals surface area (Å²) in [6.45, 7) is 1.36. The lowest BCUT2D eigenvalue weighted by molar-refractivity contribution is -0.534. The van der Waals surface area contributed by atoms with E-state index in [0.717, 1.165) is 12.2 Å². The number of hydrogen-bond donors (Lipinski definition) is 2. The summed E-state index contributed by atoms with van der Waals surface area (Å²) in [7, 11) is -4.57. The van der Waals surface area contributed by atoms with E-state index in [0.29, 0.717) is 0 Å². The van der Waals surface area contributed by atoms with E-state index in [1.807, 2.05) is 0 Å². The maximum absolute atomic E-state index is 11.6. The first-order valence-corrected chi connectivity index (χ1v) is 6.06. The highest BCUT2D eigenvalue weighted by molar-refractivity contribution is 7.90. The molecule has 1 aliphatic rings. The third-order valence-electron chi connectivity index (χ3n) is 2.62. The average Bonchev–Trinajstić information content (AvgIpc) is 2.28. The van der Waals surface area contributed by atoms with Crippen molar-refractivity contribution in [2.75, 3.05) is 0 Å². The van der Waals surface area contributed by atoms with E-state index in [4.69, 9.17) is 5.84 Å². The van der Waals surface area contributed by atoms with Crippen molar-refractivity contribution >= 4 is 10.0 Å². The molecule has 0 aromatic heterocycles. The highest BCUT2D eigenvalue weighted by Crippen LogP contribution is 2.33. The molecule has 1 unspecified atom stereocenters. The molecule has 1 aliphatic carbocycles. The largest absolute Gasteiger partial charge is 0.361 e. The molecule has 1 rings (SSSR count). The molecule has 0 heterocycles. The average molecular weight is 278 g/mol. The molecule has 0 radical (unpaired) electrons. The van der Waals surface area contributed by atoms with Crippen LogP contribution in [0.2, 0.25) is 0 Å². The third-order valence-corrected chi connectivity index (χ3v) is 4.29.